The van der Waals surface area contributed by atoms with Gasteiger partial charge in [0, 0.05) is 30.7 Å². The molecule has 1 amide bonds. The number of hydrogen-bond donors (Lipinski definition) is 1. The molecule has 238 valence electrons. The number of aromatic amines is 1. The summed E-state index contributed by atoms with van der Waals surface area (Å²) in [5, 5.41) is 2.18. The molecular formula is C35H44BN3O6. The Balaban J connectivity index is 1.20. The smallest absolute Gasteiger partial charge is 0.444 e. The predicted octanol–water partition coefficient (Wildman–Crippen LogP) is 4.06. The van der Waals surface area contributed by atoms with E-state index in [1.165, 1.54) is 5.56 Å². The van der Waals surface area contributed by atoms with E-state index >= 15 is 0 Å². The van der Waals surface area contributed by atoms with E-state index in [0.717, 1.165) is 44.7 Å². The number of nitrogens with one attached hydrogen (secondary N) is 1. The van der Waals surface area contributed by atoms with Gasteiger partial charge in [-0.05, 0) is 88.8 Å². The summed E-state index contributed by atoms with van der Waals surface area (Å²) < 4.78 is 30.3. The van der Waals surface area contributed by atoms with Crippen molar-refractivity contribution in [1.82, 2.24) is 14.9 Å². The van der Waals surface area contributed by atoms with Crippen LogP contribution in [0.3, 0.4) is 0 Å². The maximum absolute atomic E-state index is 13.2. The minimum atomic E-state index is -0.582. The molecule has 9 nitrogen and oxygen atoms in total. The van der Waals surface area contributed by atoms with Gasteiger partial charge in [-0.15, -0.1) is 0 Å². The number of ether oxygens (including phenoxy) is 3. The van der Waals surface area contributed by atoms with Crippen molar-refractivity contribution >= 4 is 41.9 Å². The van der Waals surface area contributed by atoms with Crippen molar-refractivity contribution in [2.45, 2.75) is 96.4 Å². The fourth-order valence-electron chi connectivity index (χ4n) is 7.03. The maximum atomic E-state index is 13.2. The molecule has 2 aromatic carbocycles. The Bertz CT molecular complexity index is 1760. The number of rotatable bonds is 4. The van der Waals surface area contributed by atoms with Gasteiger partial charge in [0.15, 0.2) is 0 Å². The van der Waals surface area contributed by atoms with Crippen molar-refractivity contribution < 1.29 is 28.3 Å². The Labute approximate surface area is 265 Å². The van der Waals surface area contributed by atoms with Crippen molar-refractivity contribution in [3.8, 4) is 0 Å². The van der Waals surface area contributed by atoms with E-state index in [1.54, 1.807) is 12.0 Å². The summed E-state index contributed by atoms with van der Waals surface area (Å²) in [6.07, 6.45) is 4.84. The van der Waals surface area contributed by atoms with Crippen LogP contribution in [0, 0.1) is 5.92 Å². The second kappa shape index (κ2) is 10.7. The summed E-state index contributed by atoms with van der Waals surface area (Å²) in [6, 6.07) is 10.5. The van der Waals surface area contributed by atoms with E-state index in [2.05, 4.69) is 75.2 Å². The third-order valence-electron chi connectivity index (χ3n) is 10.0. The first-order valence-electron chi connectivity index (χ1n) is 16.0. The Hall–Kier alpha value is -3.18. The second-order valence-electron chi connectivity index (χ2n) is 15.0. The van der Waals surface area contributed by atoms with Crippen LogP contribution in [0.1, 0.15) is 83.8 Å². The van der Waals surface area contributed by atoms with Gasteiger partial charge in [-0.2, -0.15) is 0 Å². The Morgan fingerprint density at radius 3 is 2.58 bits per heavy atom. The SMILES string of the molecule is COC[C@H]1C[C@@H](c2nc3c4c(ccc3[nH]2)=CC2c3ccc(B5OC(C)(C)C(C)(C)O5)cc3COC2C=4)N(C(=O)OC(C)(C)C)C1. The molecule has 0 bridgehead atoms. The predicted molar refractivity (Wildman–Crippen MR) is 173 cm³/mol. The fraction of sp³-hybridized carbons (Fsp3) is 0.543. The molecule has 1 N–H and O–H groups in total. The first-order valence-corrected chi connectivity index (χ1v) is 16.0. The number of carbonyl (C=O) groups is 1. The molecule has 7 rings (SSSR count). The molecule has 3 aliphatic heterocycles. The van der Waals surface area contributed by atoms with E-state index in [1.807, 2.05) is 20.8 Å². The molecular weight excluding hydrogens is 569 g/mol. The monoisotopic (exact) mass is 613 g/mol. The quantitative estimate of drug-likeness (QED) is 0.444. The van der Waals surface area contributed by atoms with Gasteiger partial charge in [-0.3, -0.25) is 4.90 Å². The summed E-state index contributed by atoms with van der Waals surface area (Å²) in [4.78, 5) is 23.7. The van der Waals surface area contributed by atoms with Crippen molar-refractivity contribution in [1.29, 1.82) is 0 Å². The standard InChI is InChI=1S/C35H44BN3O6/c1-33(2,3)43-32(40)39-17-20(18-41-8)13-28(39)31-37-27-12-9-21-15-26-24-11-10-23(36-44-34(4,5)35(6,7)45-36)14-22(24)19-42-29(26)16-25(21)30(27)38-31/h9-12,14-16,20,26,28-29H,13,17-19H2,1-8H3,(H,37,38)/t20-,26?,28-,29?/m0/s1. The fourth-order valence-corrected chi connectivity index (χ4v) is 7.03. The summed E-state index contributed by atoms with van der Waals surface area (Å²) in [7, 11) is 1.29. The molecule has 4 heterocycles. The highest BCUT2D eigenvalue weighted by atomic mass is 16.7. The number of imidazole rings is 1. The number of amides is 1. The molecule has 2 unspecified atom stereocenters. The lowest BCUT2D eigenvalue weighted by Crippen LogP contribution is -2.41. The number of hydrogen-bond acceptors (Lipinski definition) is 7. The summed E-state index contributed by atoms with van der Waals surface area (Å²) >= 11 is 0. The van der Waals surface area contributed by atoms with Gasteiger partial charge in [0.25, 0.3) is 0 Å². The molecule has 0 radical (unpaired) electrons. The van der Waals surface area contributed by atoms with Crippen LogP contribution >= 0.6 is 0 Å². The molecule has 0 saturated carbocycles. The summed E-state index contributed by atoms with van der Waals surface area (Å²) in [5.41, 5.74) is 3.91. The van der Waals surface area contributed by atoms with Crippen LogP contribution in [-0.4, -0.2) is 71.2 Å². The summed E-state index contributed by atoms with van der Waals surface area (Å²) in [5.74, 6) is 1.07. The minimum absolute atomic E-state index is 0.0942. The van der Waals surface area contributed by atoms with Gasteiger partial charge in [-0.1, -0.05) is 30.3 Å². The van der Waals surface area contributed by atoms with Gasteiger partial charge in [0.2, 0.25) is 0 Å². The number of fused-ring (bicyclic) bond motifs is 6. The van der Waals surface area contributed by atoms with Crippen LogP contribution in [0.2, 0.25) is 0 Å². The van der Waals surface area contributed by atoms with Crippen molar-refractivity contribution in [3.05, 3.63) is 57.7 Å². The maximum Gasteiger partial charge on any atom is 0.494 e. The van der Waals surface area contributed by atoms with Gasteiger partial charge in [0.1, 0.15) is 11.4 Å². The number of H-pyrrole nitrogens is 1. The topological polar surface area (TPSA) is 95.1 Å². The molecule has 1 aromatic heterocycles. The molecule has 0 spiro atoms. The third kappa shape index (κ3) is 5.39. The van der Waals surface area contributed by atoms with Gasteiger partial charge >= 0.3 is 13.2 Å². The lowest BCUT2D eigenvalue weighted by atomic mass is 9.75. The van der Waals surface area contributed by atoms with Crippen LogP contribution in [0.15, 0.2) is 30.3 Å². The van der Waals surface area contributed by atoms with Gasteiger partial charge < -0.3 is 28.5 Å². The molecule has 4 aliphatic rings. The number of likely N-dealkylation sites (tertiary alicyclic amines) is 1. The lowest BCUT2D eigenvalue weighted by molar-refractivity contribution is 0.00578. The zero-order valence-electron chi connectivity index (χ0n) is 27.6. The van der Waals surface area contributed by atoms with E-state index in [-0.39, 0.29) is 41.3 Å². The molecule has 45 heavy (non-hydrogen) atoms. The number of methoxy groups -OCH3 is 1. The number of nitrogens with zero attached hydrogens (tertiary/aromatic N) is 2. The minimum Gasteiger partial charge on any atom is -0.444 e. The Morgan fingerprint density at radius 1 is 1.11 bits per heavy atom. The van der Waals surface area contributed by atoms with E-state index < -0.39 is 12.7 Å². The zero-order chi connectivity index (χ0) is 31.9. The normalized spacial score (nSPS) is 26.6. The number of carbonyl (C=O) groups excluding carboxylic acids is 1. The van der Waals surface area contributed by atoms with Crippen LogP contribution in [0.4, 0.5) is 4.79 Å². The van der Waals surface area contributed by atoms with Crippen LogP contribution in [0.5, 0.6) is 0 Å². The van der Waals surface area contributed by atoms with Crippen LogP contribution in [-0.2, 0) is 30.1 Å². The molecule has 3 aromatic rings. The van der Waals surface area contributed by atoms with Gasteiger partial charge in [0.05, 0.1) is 47.6 Å². The van der Waals surface area contributed by atoms with E-state index in [9.17, 15) is 4.79 Å². The average Bonchev–Trinajstić information content (AvgIpc) is 3.64. The van der Waals surface area contributed by atoms with Crippen LogP contribution in [0.25, 0.3) is 23.2 Å². The largest absolute Gasteiger partial charge is 0.494 e. The van der Waals surface area contributed by atoms with E-state index in [4.69, 9.17) is 28.5 Å². The van der Waals surface area contributed by atoms with Crippen molar-refractivity contribution in [2.24, 2.45) is 5.92 Å². The van der Waals surface area contributed by atoms with Crippen LogP contribution < -0.4 is 15.9 Å². The first-order chi connectivity index (χ1) is 21.2. The molecule has 2 saturated heterocycles. The zero-order valence-corrected chi connectivity index (χ0v) is 27.6. The van der Waals surface area contributed by atoms with Crippen molar-refractivity contribution in [2.75, 3.05) is 20.3 Å². The van der Waals surface area contributed by atoms with E-state index in [0.29, 0.717) is 19.8 Å². The average molecular weight is 614 g/mol. The molecule has 4 atom stereocenters. The second-order valence-corrected chi connectivity index (χ2v) is 15.0. The summed E-state index contributed by atoms with van der Waals surface area (Å²) in [6.45, 7) is 15.6. The lowest BCUT2D eigenvalue weighted by Gasteiger charge is -2.32. The molecule has 10 heteroatoms. The van der Waals surface area contributed by atoms with Gasteiger partial charge in [-0.25, -0.2) is 9.78 Å². The number of benzene rings is 2. The Kier molecular flexibility index (Phi) is 7.24. The number of aromatic nitrogens is 2. The third-order valence-corrected chi connectivity index (χ3v) is 10.0. The highest BCUT2D eigenvalue weighted by Gasteiger charge is 2.52. The molecule has 1 aliphatic carbocycles. The highest BCUT2D eigenvalue weighted by Crippen LogP contribution is 2.39. The first kappa shape index (κ1) is 30.5. The molecule has 2 fully saturated rings. The Morgan fingerprint density at radius 2 is 1.87 bits per heavy atom. The van der Waals surface area contributed by atoms with Crippen molar-refractivity contribution in [3.63, 3.8) is 0 Å². The highest BCUT2D eigenvalue weighted by molar-refractivity contribution is 6.62.